The summed E-state index contributed by atoms with van der Waals surface area (Å²) in [5.41, 5.74) is 0. The molecule has 0 aromatic heterocycles. The Morgan fingerprint density at radius 1 is 1.10 bits per heavy atom. The van der Waals surface area contributed by atoms with E-state index in [4.69, 9.17) is 10.5 Å². The third kappa shape index (κ3) is 4.41. The monoisotopic (exact) mass is 282 g/mol. The number of rotatable bonds is 8. The second-order valence-electron chi connectivity index (χ2n) is 5.19. The maximum atomic E-state index is 12.5. The quantitative estimate of drug-likeness (QED) is 0.383. The molecular weight excluding hydrogens is 260 g/mol. The lowest BCUT2D eigenvalue weighted by Gasteiger charge is -2.40. The number of quaternary nitrogens is 1. The van der Waals surface area contributed by atoms with Crippen LogP contribution in [0.15, 0.2) is 0 Å². The van der Waals surface area contributed by atoms with Gasteiger partial charge in [-0.05, 0) is 25.7 Å². The molecule has 3 unspecified atom stereocenters. The van der Waals surface area contributed by atoms with Crippen molar-refractivity contribution in [3.05, 3.63) is 5.21 Å². The van der Waals surface area contributed by atoms with E-state index in [1.165, 1.54) is 0 Å². The number of unbranched alkanes of at least 4 members (excludes halogenated alkanes) is 4. The molecule has 1 aliphatic rings. The molecular formula is C13H22N4O3. The average Bonchev–Trinajstić information content (AvgIpc) is 2.65. The van der Waals surface area contributed by atoms with Crippen LogP contribution in [0.4, 0.5) is 0 Å². The van der Waals surface area contributed by atoms with Gasteiger partial charge in [-0.3, -0.25) is 0 Å². The summed E-state index contributed by atoms with van der Waals surface area (Å²) in [6.07, 6.45) is 0.975. The van der Waals surface area contributed by atoms with Gasteiger partial charge in [-0.1, -0.05) is 0 Å². The van der Waals surface area contributed by atoms with Crippen LogP contribution in [-0.2, 0) is 0 Å². The second-order valence-corrected chi connectivity index (χ2v) is 5.19. The average molecular weight is 282 g/mol. The molecule has 1 fully saturated rings. The summed E-state index contributed by atoms with van der Waals surface area (Å²) in [6.45, 7) is 0.760. The molecule has 0 saturated carbocycles. The summed E-state index contributed by atoms with van der Waals surface area (Å²) >= 11 is 0. The van der Waals surface area contributed by atoms with Crippen molar-refractivity contribution in [3.8, 4) is 12.1 Å². The molecule has 0 aliphatic carbocycles. The topological polar surface area (TPSA) is 114 Å². The summed E-state index contributed by atoms with van der Waals surface area (Å²) in [6, 6.07) is 4.06. The maximum Gasteiger partial charge on any atom is 0.232 e. The molecule has 1 aliphatic heterocycles. The predicted octanol–water partition coefficient (Wildman–Crippen LogP) is 0.599. The van der Waals surface area contributed by atoms with Gasteiger partial charge in [-0.2, -0.15) is 10.5 Å². The van der Waals surface area contributed by atoms with Crippen LogP contribution in [0.3, 0.4) is 0 Å². The third-order valence-electron chi connectivity index (χ3n) is 3.60. The van der Waals surface area contributed by atoms with Crippen molar-refractivity contribution in [3.63, 3.8) is 0 Å². The highest BCUT2D eigenvalue weighted by Crippen LogP contribution is 2.26. The Labute approximate surface area is 119 Å². The Hall–Kier alpha value is -1.22. The number of hydrogen-bond acceptors (Lipinski definition) is 6. The van der Waals surface area contributed by atoms with Crippen LogP contribution in [0, 0.1) is 27.9 Å². The van der Waals surface area contributed by atoms with Crippen LogP contribution in [0.25, 0.3) is 0 Å². The van der Waals surface area contributed by atoms with Gasteiger partial charge in [0.25, 0.3) is 0 Å². The van der Waals surface area contributed by atoms with Crippen LogP contribution < -0.4 is 0 Å². The van der Waals surface area contributed by atoms with E-state index in [9.17, 15) is 15.4 Å². The fraction of sp³-hybridized carbons (Fsp3) is 0.846. The van der Waals surface area contributed by atoms with Crippen molar-refractivity contribution in [1.29, 1.82) is 10.5 Å². The zero-order valence-electron chi connectivity index (χ0n) is 11.6. The lowest BCUT2D eigenvalue weighted by molar-refractivity contribution is -0.919. The van der Waals surface area contributed by atoms with Crippen LogP contribution in [0.2, 0.25) is 0 Å². The normalized spacial score (nSPS) is 30.1. The van der Waals surface area contributed by atoms with Gasteiger partial charge in [0.2, 0.25) is 6.23 Å². The van der Waals surface area contributed by atoms with Gasteiger partial charge in [0.05, 0.1) is 18.7 Å². The first-order valence-corrected chi connectivity index (χ1v) is 6.97. The number of nitrogens with zero attached hydrogens (tertiary/aromatic N) is 4. The largest absolute Gasteiger partial charge is 0.630 e. The molecule has 7 heteroatoms. The molecule has 3 atom stereocenters. The minimum absolute atomic E-state index is 0.0570. The van der Waals surface area contributed by atoms with Gasteiger partial charge in [0.1, 0.15) is 6.67 Å². The summed E-state index contributed by atoms with van der Waals surface area (Å²) in [7, 11) is 0. The first-order valence-electron chi connectivity index (χ1n) is 6.97. The Morgan fingerprint density at radius 2 is 1.70 bits per heavy atom. The Morgan fingerprint density at radius 3 is 2.30 bits per heavy atom. The standard InChI is InChI=1S/C13H22N4O3/c14-7-3-1-5-9-16-11-17(20,13(19)12(16)18)10-6-2-4-8-15/h12-13,18-19H,1-6,9-11H2. The number of aliphatic hydroxyl groups is 2. The Balaban J connectivity index is 2.42. The van der Waals surface area contributed by atoms with Crippen LogP contribution in [0.1, 0.15) is 38.5 Å². The summed E-state index contributed by atoms with van der Waals surface area (Å²) in [5, 5.41) is 49.1. The van der Waals surface area contributed by atoms with Crippen molar-refractivity contribution in [1.82, 2.24) is 4.90 Å². The highest BCUT2D eigenvalue weighted by Gasteiger charge is 2.45. The summed E-state index contributed by atoms with van der Waals surface area (Å²) < 4.78 is -0.842. The van der Waals surface area contributed by atoms with Crippen LogP contribution in [-0.4, -0.2) is 52.0 Å². The van der Waals surface area contributed by atoms with Crippen LogP contribution >= 0.6 is 0 Å². The van der Waals surface area contributed by atoms with E-state index in [2.05, 4.69) is 0 Å². The van der Waals surface area contributed by atoms with Gasteiger partial charge in [-0.25, -0.2) is 4.90 Å². The SMILES string of the molecule is N#CCCCCN1C[N+]([O-])(CCCCC#N)C(O)C1O. The number of hydroxylamine groups is 3. The van der Waals surface area contributed by atoms with Gasteiger partial charge in [0.15, 0.2) is 6.23 Å². The molecule has 0 amide bonds. The summed E-state index contributed by atoms with van der Waals surface area (Å²) in [5.74, 6) is 0. The van der Waals surface area contributed by atoms with E-state index >= 15 is 0 Å². The molecule has 0 bridgehead atoms. The number of aliphatic hydroxyl groups excluding tert-OH is 2. The van der Waals surface area contributed by atoms with E-state index in [1.807, 2.05) is 12.1 Å². The van der Waals surface area contributed by atoms with Gasteiger partial charge >= 0.3 is 0 Å². The van der Waals surface area contributed by atoms with E-state index in [0.29, 0.717) is 38.6 Å². The lowest BCUT2D eigenvalue weighted by Crippen LogP contribution is -2.49. The molecule has 0 aromatic rings. The Bertz CT molecular complexity index is 379. The minimum Gasteiger partial charge on any atom is -0.630 e. The van der Waals surface area contributed by atoms with Crippen LogP contribution in [0.5, 0.6) is 0 Å². The van der Waals surface area contributed by atoms with Crippen molar-refractivity contribution in [2.45, 2.75) is 51.0 Å². The van der Waals surface area contributed by atoms with Crippen molar-refractivity contribution < 1.29 is 14.9 Å². The molecule has 20 heavy (non-hydrogen) atoms. The molecule has 2 N–H and O–H groups in total. The van der Waals surface area contributed by atoms with Gasteiger partial charge in [-0.15, -0.1) is 0 Å². The zero-order valence-corrected chi connectivity index (χ0v) is 11.6. The fourth-order valence-electron chi connectivity index (χ4n) is 2.41. The van der Waals surface area contributed by atoms with Gasteiger partial charge in [0, 0.05) is 19.4 Å². The minimum atomic E-state index is -1.35. The lowest BCUT2D eigenvalue weighted by atomic mass is 10.2. The zero-order chi connectivity index (χ0) is 15.0. The molecule has 7 nitrogen and oxygen atoms in total. The molecule has 0 spiro atoms. The van der Waals surface area contributed by atoms with E-state index in [1.54, 1.807) is 4.90 Å². The van der Waals surface area contributed by atoms with Crippen molar-refractivity contribution >= 4 is 0 Å². The summed E-state index contributed by atoms with van der Waals surface area (Å²) in [4.78, 5) is 1.57. The number of hydrogen-bond donors (Lipinski definition) is 2. The fourth-order valence-corrected chi connectivity index (χ4v) is 2.41. The molecule has 1 rings (SSSR count). The molecule has 0 aromatic carbocycles. The Kier molecular flexibility index (Phi) is 6.86. The van der Waals surface area contributed by atoms with E-state index in [-0.39, 0.29) is 13.2 Å². The smallest absolute Gasteiger partial charge is 0.232 e. The molecule has 112 valence electrons. The third-order valence-corrected chi connectivity index (χ3v) is 3.60. The maximum absolute atomic E-state index is 12.5. The second kappa shape index (κ2) is 8.15. The highest BCUT2D eigenvalue weighted by molar-refractivity contribution is 4.74. The number of nitriles is 2. The molecule has 1 saturated heterocycles. The van der Waals surface area contributed by atoms with Crippen molar-refractivity contribution in [2.24, 2.45) is 0 Å². The molecule has 0 radical (unpaired) electrons. The highest BCUT2D eigenvalue weighted by atomic mass is 16.6. The predicted molar refractivity (Wildman–Crippen MR) is 71.0 cm³/mol. The first kappa shape index (κ1) is 16.8. The van der Waals surface area contributed by atoms with E-state index in [0.717, 1.165) is 6.42 Å². The first-order chi connectivity index (χ1) is 9.55. The van der Waals surface area contributed by atoms with E-state index < -0.39 is 17.1 Å². The van der Waals surface area contributed by atoms with Gasteiger partial charge < -0.3 is 20.1 Å². The molecule has 1 heterocycles. The van der Waals surface area contributed by atoms with Crippen molar-refractivity contribution in [2.75, 3.05) is 19.8 Å².